The highest BCUT2D eigenvalue weighted by molar-refractivity contribution is 5.96. The van der Waals surface area contributed by atoms with Crippen molar-refractivity contribution in [1.82, 2.24) is 20.2 Å². The first-order valence-corrected chi connectivity index (χ1v) is 7.69. The van der Waals surface area contributed by atoms with Crippen LogP contribution < -0.4 is 11.1 Å². The predicted octanol–water partition coefficient (Wildman–Crippen LogP) is 0.898. The summed E-state index contributed by atoms with van der Waals surface area (Å²) in [6, 6.07) is 7.91. The minimum Gasteiger partial charge on any atom is -0.392 e. The van der Waals surface area contributed by atoms with Gasteiger partial charge in [0.15, 0.2) is 11.5 Å². The van der Waals surface area contributed by atoms with Crippen molar-refractivity contribution in [3.05, 3.63) is 41.7 Å². The van der Waals surface area contributed by atoms with E-state index in [-0.39, 0.29) is 18.1 Å². The second kappa shape index (κ2) is 7.85. The number of amides is 1. The largest absolute Gasteiger partial charge is 0.392 e. The molecule has 0 aliphatic rings. The fourth-order valence-corrected chi connectivity index (χ4v) is 2.17. The zero-order valence-corrected chi connectivity index (χ0v) is 14.2. The van der Waals surface area contributed by atoms with E-state index in [4.69, 9.17) is 5.73 Å². The first-order valence-electron chi connectivity index (χ1n) is 7.69. The number of nitrogens with two attached hydrogens (primary N) is 1. The number of anilines is 1. The van der Waals surface area contributed by atoms with Gasteiger partial charge in [0.2, 0.25) is 0 Å². The van der Waals surface area contributed by atoms with Crippen molar-refractivity contribution in [2.75, 3.05) is 26.4 Å². The third-order valence-corrected chi connectivity index (χ3v) is 3.32. The third-order valence-electron chi connectivity index (χ3n) is 3.32. The normalized spacial score (nSPS) is 12.2. The molecular formula is C17H23N5O2. The van der Waals surface area contributed by atoms with Crippen LogP contribution in [-0.4, -0.2) is 52.6 Å². The van der Waals surface area contributed by atoms with Crippen LogP contribution in [0, 0.1) is 0 Å². The molecule has 0 aliphatic carbocycles. The minimum absolute atomic E-state index is 0.0607. The molecule has 7 nitrogen and oxygen atoms in total. The van der Waals surface area contributed by atoms with Crippen molar-refractivity contribution in [3.8, 4) is 11.3 Å². The summed E-state index contributed by atoms with van der Waals surface area (Å²) in [4.78, 5) is 22.6. The number of aliphatic hydroxyl groups is 1. The van der Waals surface area contributed by atoms with Gasteiger partial charge in [-0.25, -0.2) is 9.97 Å². The highest BCUT2D eigenvalue weighted by Crippen LogP contribution is 2.19. The second-order valence-electron chi connectivity index (χ2n) is 5.98. The average Bonchev–Trinajstić information content (AvgIpc) is 2.53. The van der Waals surface area contributed by atoms with Crippen LogP contribution in [0.5, 0.6) is 0 Å². The van der Waals surface area contributed by atoms with Crippen molar-refractivity contribution >= 4 is 11.7 Å². The lowest BCUT2D eigenvalue weighted by Crippen LogP contribution is -2.32. The lowest BCUT2D eigenvalue weighted by atomic mass is 10.1. The molecule has 0 saturated carbocycles. The van der Waals surface area contributed by atoms with Gasteiger partial charge in [0, 0.05) is 18.7 Å². The molecule has 0 bridgehead atoms. The number of hydrogen-bond donors (Lipinski definition) is 3. The van der Waals surface area contributed by atoms with Gasteiger partial charge in [0.1, 0.15) is 0 Å². The zero-order valence-electron chi connectivity index (χ0n) is 14.2. The predicted molar refractivity (Wildman–Crippen MR) is 93.3 cm³/mol. The van der Waals surface area contributed by atoms with Gasteiger partial charge in [0.05, 0.1) is 18.0 Å². The van der Waals surface area contributed by atoms with E-state index in [9.17, 15) is 9.90 Å². The molecule has 2 rings (SSSR count). The van der Waals surface area contributed by atoms with E-state index in [2.05, 4.69) is 20.2 Å². The highest BCUT2D eigenvalue weighted by Gasteiger charge is 2.15. The molecule has 24 heavy (non-hydrogen) atoms. The first kappa shape index (κ1) is 17.8. The quantitative estimate of drug-likeness (QED) is 0.727. The van der Waals surface area contributed by atoms with Crippen molar-refractivity contribution in [2.24, 2.45) is 0 Å². The summed E-state index contributed by atoms with van der Waals surface area (Å²) in [5.41, 5.74) is 8.42. The van der Waals surface area contributed by atoms with E-state index in [1.165, 1.54) is 5.56 Å². The molecule has 0 aliphatic heterocycles. The van der Waals surface area contributed by atoms with E-state index in [1.54, 1.807) is 13.1 Å². The SMILES string of the molecule is CC(O)CNC(=O)c1nc(-c2ccc(CN(C)C)cc2)cnc1N. The number of aromatic nitrogens is 2. The molecule has 0 radical (unpaired) electrons. The van der Waals surface area contributed by atoms with Crippen LogP contribution in [-0.2, 0) is 6.54 Å². The maximum absolute atomic E-state index is 12.1. The van der Waals surface area contributed by atoms with Crippen molar-refractivity contribution in [1.29, 1.82) is 0 Å². The van der Waals surface area contributed by atoms with Crippen molar-refractivity contribution in [3.63, 3.8) is 0 Å². The van der Waals surface area contributed by atoms with E-state index < -0.39 is 12.0 Å². The number of nitrogen functional groups attached to an aromatic ring is 1. The number of nitrogens with one attached hydrogen (secondary N) is 1. The Hall–Kier alpha value is -2.51. The molecule has 2 aromatic rings. The van der Waals surface area contributed by atoms with Gasteiger partial charge in [-0.05, 0) is 26.6 Å². The van der Waals surface area contributed by atoms with E-state index in [1.807, 2.05) is 38.4 Å². The minimum atomic E-state index is -0.643. The van der Waals surface area contributed by atoms with Crippen LogP contribution >= 0.6 is 0 Å². The number of carbonyl (C=O) groups excluding carboxylic acids is 1. The van der Waals surface area contributed by atoms with Crippen LogP contribution in [0.15, 0.2) is 30.5 Å². The summed E-state index contributed by atoms with van der Waals surface area (Å²) < 4.78 is 0. The van der Waals surface area contributed by atoms with E-state index in [0.717, 1.165) is 12.1 Å². The molecule has 1 atom stereocenters. The van der Waals surface area contributed by atoms with Gasteiger partial charge in [0.25, 0.3) is 5.91 Å². The van der Waals surface area contributed by atoms with Gasteiger partial charge >= 0.3 is 0 Å². The maximum atomic E-state index is 12.1. The van der Waals surface area contributed by atoms with Crippen molar-refractivity contribution in [2.45, 2.75) is 19.6 Å². The third kappa shape index (κ3) is 4.74. The molecule has 0 saturated heterocycles. The van der Waals surface area contributed by atoms with E-state index >= 15 is 0 Å². The van der Waals surface area contributed by atoms with Gasteiger partial charge in [-0.1, -0.05) is 24.3 Å². The average molecular weight is 329 g/mol. The Morgan fingerprint density at radius 3 is 2.58 bits per heavy atom. The van der Waals surface area contributed by atoms with Crippen molar-refractivity contribution < 1.29 is 9.90 Å². The van der Waals surface area contributed by atoms with Crippen LogP contribution in [0.3, 0.4) is 0 Å². The maximum Gasteiger partial charge on any atom is 0.273 e. The smallest absolute Gasteiger partial charge is 0.273 e. The van der Waals surface area contributed by atoms with Crippen LogP contribution in [0.2, 0.25) is 0 Å². The molecule has 4 N–H and O–H groups in total. The van der Waals surface area contributed by atoms with Gasteiger partial charge < -0.3 is 21.1 Å². The number of nitrogens with zero attached hydrogens (tertiary/aromatic N) is 3. The Morgan fingerprint density at radius 2 is 2.00 bits per heavy atom. The van der Waals surface area contributed by atoms with Crippen LogP contribution in [0.25, 0.3) is 11.3 Å². The molecule has 1 amide bonds. The highest BCUT2D eigenvalue weighted by atomic mass is 16.3. The topological polar surface area (TPSA) is 104 Å². The summed E-state index contributed by atoms with van der Waals surface area (Å²) in [6.45, 7) is 2.56. The van der Waals surface area contributed by atoms with Gasteiger partial charge in [-0.3, -0.25) is 4.79 Å². The molecule has 1 aromatic heterocycles. The molecule has 1 aromatic carbocycles. The molecule has 0 fully saturated rings. The number of carbonyl (C=O) groups is 1. The fourth-order valence-electron chi connectivity index (χ4n) is 2.17. The lowest BCUT2D eigenvalue weighted by molar-refractivity contribution is 0.0920. The summed E-state index contributed by atoms with van der Waals surface area (Å²) in [6.07, 6.45) is 0.900. The van der Waals surface area contributed by atoms with E-state index in [0.29, 0.717) is 5.69 Å². The van der Waals surface area contributed by atoms with Crippen LogP contribution in [0.4, 0.5) is 5.82 Å². The molecular weight excluding hydrogens is 306 g/mol. The summed E-state index contributed by atoms with van der Waals surface area (Å²) in [7, 11) is 4.02. The Bertz CT molecular complexity index is 699. The zero-order chi connectivity index (χ0) is 17.7. The number of rotatable bonds is 6. The Kier molecular flexibility index (Phi) is 5.83. The number of hydrogen-bond acceptors (Lipinski definition) is 6. The summed E-state index contributed by atoms with van der Waals surface area (Å²) >= 11 is 0. The Morgan fingerprint density at radius 1 is 1.33 bits per heavy atom. The Labute approximate surface area is 141 Å². The number of benzene rings is 1. The number of aliphatic hydroxyl groups excluding tert-OH is 1. The molecule has 7 heteroatoms. The fraction of sp³-hybridized carbons (Fsp3) is 0.353. The van der Waals surface area contributed by atoms with Crippen LogP contribution in [0.1, 0.15) is 23.0 Å². The molecule has 0 spiro atoms. The lowest BCUT2D eigenvalue weighted by Gasteiger charge is -2.11. The monoisotopic (exact) mass is 329 g/mol. The second-order valence-corrected chi connectivity index (χ2v) is 5.98. The standard InChI is InChI=1S/C17H23N5O2/c1-11(23)8-20-17(24)15-16(18)19-9-14(21-15)13-6-4-12(5-7-13)10-22(2)3/h4-7,9,11,23H,8,10H2,1-3H3,(H2,18,19)(H,20,24). The molecule has 1 heterocycles. The molecule has 128 valence electrons. The van der Waals surface area contributed by atoms with Gasteiger partial charge in [-0.15, -0.1) is 0 Å². The summed E-state index contributed by atoms with van der Waals surface area (Å²) in [5.74, 6) is -0.391. The Balaban J connectivity index is 2.22. The van der Waals surface area contributed by atoms with Gasteiger partial charge in [-0.2, -0.15) is 0 Å². The first-order chi connectivity index (χ1) is 11.4. The molecule has 1 unspecified atom stereocenters. The summed E-state index contributed by atoms with van der Waals surface area (Å²) in [5, 5.41) is 11.8.